The number of ether oxygens (including phenoxy) is 2. The van der Waals surface area contributed by atoms with Gasteiger partial charge in [-0.2, -0.15) is 0 Å². The van der Waals surface area contributed by atoms with Crippen LogP contribution in [0.15, 0.2) is 16.7 Å². The predicted molar refractivity (Wildman–Crippen MR) is 79.4 cm³/mol. The Hall–Kier alpha value is -1.44. The molecular weight excluding hydrogens is 340 g/mol. The molecule has 0 spiro atoms. The van der Waals surface area contributed by atoms with Crippen LogP contribution in [0.1, 0.15) is 42.2 Å². The average molecular weight is 355 g/mol. The summed E-state index contributed by atoms with van der Waals surface area (Å²) in [4.78, 5) is 15.9. The first-order valence-corrected chi connectivity index (χ1v) is 7.46. The summed E-state index contributed by atoms with van der Waals surface area (Å²) in [6, 6.07) is 2.01. The lowest BCUT2D eigenvalue weighted by molar-refractivity contribution is -0.0476. The third-order valence-electron chi connectivity index (χ3n) is 3.42. The van der Waals surface area contributed by atoms with Gasteiger partial charge in [-0.1, -0.05) is 0 Å². The summed E-state index contributed by atoms with van der Waals surface area (Å²) < 4.78 is 13.6. The summed E-state index contributed by atoms with van der Waals surface area (Å²) in [5.74, 6) is -0.992. The summed E-state index contributed by atoms with van der Waals surface area (Å²) in [6.07, 6.45) is 1.07. The molecule has 2 aromatic heterocycles. The van der Waals surface area contributed by atoms with Gasteiger partial charge in [-0.05, 0) is 35.8 Å². The van der Waals surface area contributed by atoms with Crippen molar-refractivity contribution in [3.05, 3.63) is 28.0 Å². The number of halogens is 1. The number of nitrogens with zero attached hydrogens (tertiary/aromatic N) is 2. The largest absolute Gasteiger partial charge is 0.478 e. The third kappa shape index (κ3) is 2.45. The van der Waals surface area contributed by atoms with Crippen LogP contribution in [0.4, 0.5) is 0 Å². The Balaban J connectivity index is 2.23. The van der Waals surface area contributed by atoms with Gasteiger partial charge in [-0.15, -0.1) is 0 Å². The molecule has 7 heteroatoms. The minimum absolute atomic E-state index is 0.138. The van der Waals surface area contributed by atoms with E-state index in [2.05, 4.69) is 20.9 Å². The van der Waals surface area contributed by atoms with Gasteiger partial charge in [0.25, 0.3) is 0 Å². The minimum Gasteiger partial charge on any atom is -0.478 e. The summed E-state index contributed by atoms with van der Waals surface area (Å²) in [5, 5.41) is 9.38. The highest BCUT2D eigenvalue weighted by Gasteiger charge is 2.26. The molecule has 0 radical (unpaired) electrons. The van der Waals surface area contributed by atoms with Crippen molar-refractivity contribution in [3.8, 4) is 0 Å². The number of pyridine rings is 1. The molecule has 3 rings (SSSR count). The van der Waals surface area contributed by atoms with Crippen molar-refractivity contribution >= 4 is 32.9 Å². The first-order chi connectivity index (χ1) is 9.99. The number of rotatable bonds is 3. The molecule has 0 aliphatic carbocycles. The standard InChI is InChI=1S/C14H15BrN2O4/c1-7(2)17-6-8(13(18)19)11-10(17)5-9(15)12(16-11)14-20-3-4-21-14/h5-7,14H,3-4H2,1-2H3,(H,18,19). The molecule has 0 bridgehead atoms. The second kappa shape index (κ2) is 5.40. The fourth-order valence-corrected chi connectivity index (χ4v) is 2.92. The first kappa shape index (κ1) is 14.5. The molecule has 6 nitrogen and oxygen atoms in total. The monoisotopic (exact) mass is 354 g/mol. The van der Waals surface area contributed by atoms with Crippen molar-refractivity contribution in [2.45, 2.75) is 26.2 Å². The van der Waals surface area contributed by atoms with E-state index in [4.69, 9.17) is 9.47 Å². The Labute approximate surface area is 129 Å². The van der Waals surface area contributed by atoms with Crippen molar-refractivity contribution in [1.82, 2.24) is 9.55 Å². The van der Waals surface area contributed by atoms with Gasteiger partial charge in [0.2, 0.25) is 6.29 Å². The van der Waals surface area contributed by atoms with E-state index >= 15 is 0 Å². The molecule has 3 heterocycles. The molecular formula is C14H15BrN2O4. The predicted octanol–water partition coefficient (Wildman–Crippen LogP) is 3.12. The Morgan fingerprint density at radius 2 is 2.14 bits per heavy atom. The van der Waals surface area contributed by atoms with Crippen molar-refractivity contribution in [2.75, 3.05) is 13.2 Å². The van der Waals surface area contributed by atoms with Gasteiger partial charge in [-0.3, -0.25) is 0 Å². The molecule has 2 aromatic rings. The Morgan fingerprint density at radius 3 is 2.71 bits per heavy atom. The van der Waals surface area contributed by atoms with Crippen LogP contribution in [-0.4, -0.2) is 33.8 Å². The van der Waals surface area contributed by atoms with Crippen LogP contribution < -0.4 is 0 Å². The Kier molecular flexibility index (Phi) is 3.73. The molecule has 0 aromatic carbocycles. The molecule has 21 heavy (non-hydrogen) atoms. The highest BCUT2D eigenvalue weighted by Crippen LogP contribution is 2.33. The fraction of sp³-hybridized carbons (Fsp3) is 0.429. The number of hydrogen-bond acceptors (Lipinski definition) is 4. The zero-order chi connectivity index (χ0) is 15.1. The maximum absolute atomic E-state index is 11.4. The molecule has 1 N–H and O–H groups in total. The number of carboxylic acid groups (broad SMARTS) is 1. The van der Waals surface area contributed by atoms with E-state index in [1.165, 1.54) is 0 Å². The quantitative estimate of drug-likeness (QED) is 0.916. The molecule has 1 saturated heterocycles. The van der Waals surface area contributed by atoms with Crippen molar-refractivity contribution < 1.29 is 19.4 Å². The van der Waals surface area contributed by atoms with Gasteiger partial charge < -0.3 is 19.1 Å². The maximum atomic E-state index is 11.4. The number of aromatic nitrogens is 2. The SMILES string of the molecule is CC(C)n1cc(C(=O)O)c2nc(C3OCCO3)c(Br)cc21. The van der Waals surface area contributed by atoms with E-state index in [-0.39, 0.29) is 11.6 Å². The van der Waals surface area contributed by atoms with Gasteiger partial charge >= 0.3 is 5.97 Å². The topological polar surface area (TPSA) is 73.6 Å². The number of carbonyl (C=O) groups is 1. The normalized spacial score (nSPS) is 16.2. The van der Waals surface area contributed by atoms with Crippen LogP contribution in [0.2, 0.25) is 0 Å². The van der Waals surface area contributed by atoms with Gasteiger partial charge in [0, 0.05) is 16.7 Å². The summed E-state index contributed by atoms with van der Waals surface area (Å²) in [6.45, 7) is 5.01. The van der Waals surface area contributed by atoms with E-state index in [9.17, 15) is 9.90 Å². The van der Waals surface area contributed by atoms with Crippen LogP contribution in [-0.2, 0) is 9.47 Å². The van der Waals surface area contributed by atoms with E-state index in [0.29, 0.717) is 24.4 Å². The van der Waals surface area contributed by atoms with Crippen LogP contribution >= 0.6 is 15.9 Å². The molecule has 1 fully saturated rings. The van der Waals surface area contributed by atoms with E-state index in [1.807, 2.05) is 24.5 Å². The van der Waals surface area contributed by atoms with E-state index < -0.39 is 12.3 Å². The molecule has 0 unspecified atom stereocenters. The fourth-order valence-electron chi connectivity index (χ4n) is 2.42. The van der Waals surface area contributed by atoms with Crippen LogP contribution in [0.25, 0.3) is 11.0 Å². The van der Waals surface area contributed by atoms with Crippen molar-refractivity contribution in [2.24, 2.45) is 0 Å². The summed E-state index contributed by atoms with van der Waals surface area (Å²) >= 11 is 3.47. The smallest absolute Gasteiger partial charge is 0.339 e. The molecule has 1 aliphatic rings. The number of fused-ring (bicyclic) bond motifs is 1. The number of carboxylic acids is 1. The van der Waals surface area contributed by atoms with Gasteiger partial charge in [0.1, 0.15) is 16.8 Å². The summed E-state index contributed by atoms with van der Waals surface area (Å²) in [7, 11) is 0. The van der Waals surface area contributed by atoms with Crippen molar-refractivity contribution in [1.29, 1.82) is 0 Å². The van der Waals surface area contributed by atoms with Gasteiger partial charge in [0.15, 0.2) is 0 Å². The van der Waals surface area contributed by atoms with Gasteiger partial charge in [0.05, 0.1) is 18.7 Å². The Bertz CT molecular complexity index is 705. The lowest BCUT2D eigenvalue weighted by Gasteiger charge is -2.13. The molecule has 112 valence electrons. The minimum atomic E-state index is -0.992. The molecule has 0 saturated carbocycles. The second-order valence-corrected chi connectivity index (χ2v) is 6.00. The molecule has 1 aliphatic heterocycles. The highest BCUT2D eigenvalue weighted by molar-refractivity contribution is 9.10. The average Bonchev–Trinajstić information content (AvgIpc) is 3.03. The highest BCUT2D eigenvalue weighted by atomic mass is 79.9. The zero-order valence-electron chi connectivity index (χ0n) is 11.7. The molecule has 0 amide bonds. The van der Waals surface area contributed by atoms with Crippen molar-refractivity contribution in [3.63, 3.8) is 0 Å². The van der Waals surface area contributed by atoms with E-state index in [0.717, 1.165) is 9.99 Å². The first-order valence-electron chi connectivity index (χ1n) is 6.66. The zero-order valence-corrected chi connectivity index (χ0v) is 13.3. The maximum Gasteiger partial charge on any atom is 0.339 e. The van der Waals surface area contributed by atoms with E-state index in [1.54, 1.807) is 6.20 Å². The van der Waals surface area contributed by atoms with Gasteiger partial charge in [-0.25, -0.2) is 9.78 Å². The Morgan fingerprint density at radius 1 is 1.48 bits per heavy atom. The lowest BCUT2D eigenvalue weighted by atomic mass is 10.2. The third-order valence-corrected chi connectivity index (χ3v) is 4.05. The number of aromatic carboxylic acids is 1. The van der Waals surface area contributed by atoms with Crippen LogP contribution in [0.3, 0.4) is 0 Å². The lowest BCUT2D eigenvalue weighted by Crippen LogP contribution is -2.04. The summed E-state index contributed by atoms with van der Waals surface area (Å²) in [5.41, 5.74) is 1.99. The van der Waals surface area contributed by atoms with Crippen LogP contribution in [0.5, 0.6) is 0 Å². The van der Waals surface area contributed by atoms with Crippen LogP contribution in [0, 0.1) is 0 Å². The molecule has 0 atom stereocenters. The second-order valence-electron chi connectivity index (χ2n) is 5.15. The number of hydrogen-bond donors (Lipinski definition) is 1.